The molecule has 0 aliphatic heterocycles. The first-order valence-corrected chi connectivity index (χ1v) is 6.39. The molecule has 2 unspecified atom stereocenters. The van der Waals surface area contributed by atoms with Gasteiger partial charge in [-0.2, -0.15) is 0 Å². The maximum absolute atomic E-state index is 5.64. The van der Waals surface area contributed by atoms with E-state index in [2.05, 4.69) is 38.2 Å². The Kier molecular flexibility index (Phi) is 5.63. The van der Waals surface area contributed by atoms with Crippen LogP contribution in [0.15, 0.2) is 18.2 Å². The fourth-order valence-electron chi connectivity index (χ4n) is 2.41. The number of hydrogen-bond acceptors (Lipinski definition) is 3. The van der Waals surface area contributed by atoms with Crippen molar-refractivity contribution in [3.8, 4) is 5.75 Å². The third-order valence-corrected chi connectivity index (χ3v) is 3.38. The highest BCUT2D eigenvalue weighted by Gasteiger charge is 2.25. The average molecular weight is 251 g/mol. The van der Waals surface area contributed by atoms with E-state index in [4.69, 9.17) is 9.47 Å². The van der Waals surface area contributed by atoms with Gasteiger partial charge in [0.25, 0.3) is 0 Å². The standard InChI is InChI=1S/C15H25NO2/c1-10(2)15(18-6)14(16-4)13-8-7-12(17-5)9-11(13)3/h7-10,14-16H,1-6H3. The van der Waals surface area contributed by atoms with Crippen molar-refractivity contribution in [1.29, 1.82) is 0 Å². The van der Waals surface area contributed by atoms with Crippen molar-refractivity contribution in [2.75, 3.05) is 21.3 Å². The van der Waals surface area contributed by atoms with Crippen molar-refractivity contribution in [2.45, 2.75) is 32.9 Å². The van der Waals surface area contributed by atoms with Crippen molar-refractivity contribution in [3.05, 3.63) is 29.3 Å². The lowest BCUT2D eigenvalue weighted by Gasteiger charge is -2.30. The number of likely N-dealkylation sites (N-methyl/N-ethyl adjacent to an activating group) is 1. The Bertz CT molecular complexity index is 377. The highest BCUT2D eigenvalue weighted by atomic mass is 16.5. The van der Waals surface area contributed by atoms with Gasteiger partial charge in [-0.15, -0.1) is 0 Å². The molecule has 0 saturated carbocycles. The monoisotopic (exact) mass is 251 g/mol. The molecule has 0 heterocycles. The second kappa shape index (κ2) is 6.76. The SMILES string of the molecule is CNC(c1ccc(OC)cc1C)C(OC)C(C)C. The summed E-state index contributed by atoms with van der Waals surface area (Å²) in [6.45, 7) is 6.46. The molecule has 0 aliphatic rings. The Morgan fingerprint density at radius 3 is 2.22 bits per heavy atom. The summed E-state index contributed by atoms with van der Waals surface area (Å²) in [6.07, 6.45) is 0.155. The number of ether oxygens (including phenoxy) is 2. The fraction of sp³-hybridized carbons (Fsp3) is 0.600. The van der Waals surface area contributed by atoms with Gasteiger partial charge in [-0.3, -0.25) is 0 Å². The Morgan fingerprint density at radius 1 is 1.17 bits per heavy atom. The molecular formula is C15H25NO2. The summed E-state index contributed by atoms with van der Waals surface area (Å²) < 4.78 is 10.9. The zero-order valence-corrected chi connectivity index (χ0v) is 12.3. The molecule has 0 saturated heterocycles. The van der Waals surface area contributed by atoms with Crippen LogP contribution in [0.3, 0.4) is 0 Å². The number of benzene rings is 1. The minimum absolute atomic E-state index is 0.155. The molecule has 0 spiro atoms. The van der Waals surface area contributed by atoms with Crippen LogP contribution in [0.4, 0.5) is 0 Å². The van der Waals surface area contributed by atoms with E-state index in [0.29, 0.717) is 5.92 Å². The minimum atomic E-state index is 0.155. The normalized spacial score (nSPS) is 14.6. The lowest BCUT2D eigenvalue weighted by Crippen LogP contribution is -2.35. The molecule has 1 aromatic rings. The zero-order valence-electron chi connectivity index (χ0n) is 12.3. The first-order valence-electron chi connectivity index (χ1n) is 6.39. The fourth-order valence-corrected chi connectivity index (χ4v) is 2.41. The smallest absolute Gasteiger partial charge is 0.119 e. The van der Waals surface area contributed by atoms with Gasteiger partial charge in [0.15, 0.2) is 0 Å². The Labute approximate surface area is 110 Å². The molecule has 1 N–H and O–H groups in total. The van der Waals surface area contributed by atoms with Gasteiger partial charge in [-0.05, 0) is 43.1 Å². The molecule has 3 nitrogen and oxygen atoms in total. The predicted octanol–water partition coefficient (Wildman–Crippen LogP) is 2.94. The highest BCUT2D eigenvalue weighted by Crippen LogP contribution is 2.28. The number of rotatable bonds is 6. The molecule has 3 heteroatoms. The van der Waals surface area contributed by atoms with Crippen LogP contribution in [0.2, 0.25) is 0 Å². The van der Waals surface area contributed by atoms with Crippen LogP contribution in [0.25, 0.3) is 0 Å². The minimum Gasteiger partial charge on any atom is -0.497 e. The van der Waals surface area contributed by atoms with Crippen molar-refractivity contribution >= 4 is 0 Å². The average Bonchev–Trinajstić information content (AvgIpc) is 2.35. The lowest BCUT2D eigenvalue weighted by atomic mass is 9.91. The van der Waals surface area contributed by atoms with E-state index in [1.54, 1.807) is 14.2 Å². The number of methoxy groups -OCH3 is 2. The number of aryl methyl sites for hydroxylation is 1. The Balaban J connectivity index is 3.08. The zero-order chi connectivity index (χ0) is 13.7. The third kappa shape index (κ3) is 3.24. The van der Waals surface area contributed by atoms with Gasteiger partial charge in [0.05, 0.1) is 19.3 Å². The van der Waals surface area contributed by atoms with Gasteiger partial charge in [0.1, 0.15) is 5.75 Å². The van der Waals surface area contributed by atoms with Crippen molar-refractivity contribution in [1.82, 2.24) is 5.32 Å². The van der Waals surface area contributed by atoms with E-state index in [0.717, 1.165) is 5.75 Å². The molecule has 2 atom stereocenters. The van der Waals surface area contributed by atoms with E-state index in [9.17, 15) is 0 Å². The molecule has 0 radical (unpaired) electrons. The topological polar surface area (TPSA) is 30.5 Å². The summed E-state index contributed by atoms with van der Waals surface area (Å²) in [4.78, 5) is 0. The maximum atomic E-state index is 5.64. The summed E-state index contributed by atoms with van der Waals surface area (Å²) in [5.74, 6) is 1.35. The van der Waals surface area contributed by atoms with Gasteiger partial charge in [0, 0.05) is 7.11 Å². The molecule has 18 heavy (non-hydrogen) atoms. The van der Waals surface area contributed by atoms with Crippen molar-refractivity contribution in [2.24, 2.45) is 5.92 Å². The molecule has 1 aromatic carbocycles. The van der Waals surface area contributed by atoms with Gasteiger partial charge in [-0.25, -0.2) is 0 Å². The van der Waals surface area contributed by atoms with E-state index in [1.807, 2.05) is 13.1 Å². The summed E-state index contributed by atoms with van der Waals surface area (Å²) in [6, 6.07) is 6.37. The van der Waals surface area contributed by atoms with Gasteiger partial charge in [0.2, 0.25) is 0 Å². The summed E-state index contributed by atoms with van der Waals surface area (Å²) in [5.41, 5.74) is 2.48. The van der Waals surface area contributed by atoms with E-state index < -0.39 is 0 Å². The van der Waals surface area contributed by atoms with Crippen LogP contribution in [0.1, 0.15) is 31.0 Å². The second-order valence-electron chi connectivity index (χ2n) is 4.93. The highest BCUT2D eigenvalue weighted by molar-refractivity contribution is 5.37. The number of nitrogens with one attached hydrogen (secondary N) is 1. The van der Waals surface area contributed by atoms with E-state index in [1.165, 1.54) is 11.1 Å². The summed E-state index contributed by atoms with van der Waals surface area (Å²) in [5, 5.41) is 3.36. The van der Waals surface area contributed by atoms with Crippen molar-refractivity contribution < 1.29 is 9.47 Å². The Morgan fingerprint density at radius 2 is 1.83 bits per heavy atom. The molecule has 0 fully saturated rings. The van der Waals surface area contributed by atoms with Gasteiger partial charge < -0.3 is 14.8 Å². The van der Waals surface area contributed by atoms with Crippen molar-refractivity contribution in [3.63, 3.8) is 0 Å². The molecule has 0 aromatic heterocycles. The Hall–Kier alpha value is -1.06. The van der Waals surface area contributed by atoms with Crippen LogP contribution < -0.4 is 10.1 Å². The molecule has 0 amide bonds. The second-order valence-corrected chi connectivity index (χ2v) is 4.93. The van der Waals surface area contributed by atoms with Crippen LogP contribution in [0, 0.1) is 12.8 Å². The van der Waals surface area contributed by atoms with E-state index >= 15 is 0 Å². The molecule has 0 bridgehead atoms. The van der Waals surface area contributed by atoms with Crippen LogP contribution in [0.5, 0.6) is 5.75 Å². The van der Waals surface area contributed by atoms with Gasteiger partial charge in [-0.1, -0.05) is 19.9 Å². The molecular weight excluding hydrogens is 226 g/mol. The van der Waals surface area contributed by atoms with Crippen LogP contribution in [-0.2, 0) is 4.74 Å². The van der Waals surface area contributed by atoms with E-state index in [-0.39, 0.29) is 12.1 Å². The molecule has 1 rings (SSSR count). The maximum Gasteiger partial charge on any atom is 0.119 e. The summed E-state index contributed by atoms with van der Waals surface area (Å²) in [7, 11) is 5.44. The first-order chi connectivity index (χ1) is 8.54. The molecule has 102 valence electrons. The quantitative estimate of drug-likeness (QED) is 0.843. The van der Waals surface area contributed by atoms with Gasteiger partial charge >= 0.3 is 0 Å². The summed E-state index contributed by atoms with van der Waals surface area (Å²) >= 11 is 0. The predicted molar refractivity (Wildman–Crippen MR) is 75.2 cm³/mol. The third-order valence-electron chi connectivity index (χ3n) is 3.38. The first kappa shape index (κ1) is 15.0. The molecule has 0 aliphatic carbocycles. The van der Waals surface area contributed by atoms with Crippen LogP contribution in [-0.4, -0.2) is 27.4 Å². The number of hydrogen-bond donors (Lipinski definition) is 1. The lowest BCUT2D eigenvalue weighted by molar-refractivity contribution is 0.0346. The largest absolute Gasteiger partial charge is 0.497 e. The van der Waals surface area contributed by atoms with Crippen LogP contribution >= 0.6 is 0 Å².